The summed E-state index contributed by atoms with van der Waals surface area (Å²) in [5, 5.41) is 2.69. The molecule has 1 unspecified atom stereocenters. The predicted octanol–water partition coefficient (Wildman–Crippen LogP) is 4.80. The summed E-state index contributed by atoms with van der Waals surface area (Å²) in [7, 11) is 1.65. The van der Waals surface area contributed by atoms with E-state index in [9.17, 15) is 4.79 Å². The minimum atomic E-state index is -0.0272. The maximum absolute atomic E-state index is 13.2. The van der Waals surface area contributed by atoms with Gasteiger partial charge in [0.15, 0.2) is 0 Å². The lowest BCUT2D eigenvalue weighted by molar-refractivity contribution is 0.0971. The zero-order valence-corrected chi connectivity index (χ0v) is 15.6. The minimum Gasteiger partial charge on any atom is -0.497 e. The van der Waals surface area contributed by atoms with Gasteiger partial charge in [-0.3, -0.25) is 4.79 Å². The Morgan fingerprint density at radius 2 is 1.96 bits per heavy atom. The molecule has 0 saturated carbocycles. The molecule has 2 heterocycles. The standard InChI is InChI=1S/C21H20N2O2S/c1-14-7-8-15-5-3-4-6-19(15)23(14)21(24)18-13-26-20(22-18)16-9-11-17(25-2)12-10-16/h3-6,9-14H,7-8H2,1-2H3. The van der Waals surface area contributed by atoms with Gasteiger partial charge in [0.2, 0.25) is 0 Å². The van der Waals surface area contributed by atoms with E-state index in [4.69, 9.17) is 4.74 Å². The number of thiazole rings is 1. The van der Waals surface area contributed by atoms with Crippen molar-refractivity contribution in [3.63, 3.8) is 0 Å². The van der Waals surface area contributed by atoms with Crippen LogP contribution in [0.25, 0.3) is 10.6 Å². The minimum absolute atomic E-state index is 0.0272. The molecule has 4 nitrogen and oxygen atoms in total. The highest BCUT2D eigenvalue weighted by molar-refractivity contribution is 7.13. The molecule has 4 rings (SSSR count). The summed E-state index contributed by atoms with van der Waals surface area (Å²) in [4.78, 5) is 19.7. The zero-order valence-electron chi connectivity index (χ0n) is 14.8. The molecule has 0 saturated heterocycles. The average molecular weight is 364 g/mol. The Bertz CT molecular complexity index is 933. The van der Waals surface area contributed by atoms with Crippen LogP contribution in [0, 0.1) is 0 Å². The number of benzene rings is 2. The first-order valence-electron chi connectivity index (χ1n) is 8.69. The Morgan fingerprint density at radius 3 is 2.73 bits per heavy atom. The van der Waals surface area contributed by atoms with E-state index in [0.29, 0.717) is 5.69 Å². The highest BCUT2D eigenvalue weighted by atomic mass is 32.1. The fraction of sp³-hybridized carbons (Fsp3) is 0.238. The van der Waals surface area contributed by atoms with E-state index in [1.165, 1.54) is 16.9 Å². The van der Waals surface area contributed by atoms with Gasteiger partial charge in [-0.05, 0) is 55.7 Å². The van der Waals surface area contributed by atoms with Gasteiger partial charge in [-0.25, -0.2) is 4.98 Å². The number of carbonyl (C=O) groups is 1. The van der Waals surface area contributed by atoms with Crippen molar-refractivity contribution in [1.82, 2.24) is 4.98 Å². The molecule has 5 heteroatoms. The molecule has 1 atom stereocenters. The molecule has 1 aliphatic heterocycles. The molecule has 0 N–H and O–H groups in total. The maximum Gasteiger partial charge on any atom is 0.278 e. The van der Waals surface area contributed by atoms with E-state index in [1.807, 2.05) is 52.7 Å². The third-order valence-corrected chi connectivity index (χ3v) is 5.69. The van der Waals surface area contributed by atoms with E-state index in [0.717, 1.165) is 34.8 Å². The van der Waals surface area contributed by atoms with Crippen LogP contribution < -0.4 is 9.64 Å². The molecule has 2 aromatic carbocycles. The fourth-order valence-corrected chi connectivity index (χ4v) is 4.16. The van der Waals surface area contributed by atoms with Crippen molar-refractivity contribution in [3.05, 3.63) is 65.2 Å². The van der Waals surface area contributed by atoms with Gasteiger partial charge in [0, 0.05) is 22.7 Å². The van der Waals surface area contributed by atoms with Gasteiger partial charge in [0.05, 0.1) is 7.11 Å². The average Bonchev–Trinajstić information content (AvgIpc) is 3.18. The van der Waals surface area contributed by atoms with Gasteiger partial charge < -0.3 is 9.64 Å². The molecule has 0 radical (unpaired) electrons. The summed E-state index contributed by atoms with van der Waals surface area (Å²) in [5.74, 6) is 0.779. The highest BCUT2D eigenvalue weighted by Gasteiger charge is 2.30. The van der Waals surface area contributed by atoms with E-state index < -0.39 is 0 Å². The maximum atomic E-state index is 13.2. The number of anilines is 1. The molecule has 0 fully saturated rings. The van der Waals surface area contributed by atoms with Crippen molar-refractivity contribution in [2.45, 2.75) is 25.8 Å². The Labute approximate surface area is 157 Å². The lowest BCUT2D eigenvalue weighted by Crippen LogP contribution is -2.42. The lowest BCUT2D eigenvalue weighted by Gasteiger charge is -2.34. The van der Waals surface area contributed by atoms with Crippen LogP contribution in [-0.4, -0.2) is 24.0 Å². The monoisotopic (exact) mass is 364 g/mol. The summed E-state index contributed by atoms with van der Waals surface area (Å²) >= 11 is 1.49. The van der Waals surface area contributed by atoms with Crippen molar-refractivity contribution in [3.8, 4) is 16.3 Å². The number of amides is 1. The third kappa shape index (κ3) is 2.99. The van der Waals surface area contributed by atoms with E-state index in [1.54, 1.807) is 7.11 Å². The van der Waals surface area contributed by atoms with Crippen LogP contribution in [-0.2, 0) is 6.42 Å². The SMILES string of the molecule is COc1ccc(-c2nc(C(=O)N3c4ccccc4CCC3C)cs2)cc1. The normalized spacial score (nSPS) is 16.2. The summed E-state index contributed by atoms with van der Waals surface area (Å²) in [5.41, 5.74) is 3.73. The van der Waals surface area contributed by atoms with Crippen LogP contribution in [0.3, 0.4) is 0 Å². The van der Waals surface area contributed by atoms with Crippen molar-refractivity contribution in [1.29, 1.82) is 0 Å². The van der Waals surface area contributed by atoms with Crippen LogP contribution in [0.5, 0.6) is 5.75 Å². The first kappa shape index (κ1) is 16.8. The number of fused-ring (bicyclic) bond motifs is 1. The number of hydrogen-bond donors (Lipinski definition) is 0. The Morgan fingerprint density at radius 1 is 1.19 bits per heavy atom. The molecule has 1 amide bonds. The number of methoxy groups -OCH3 is 1. The van der Waals surface area contributed by atoms with Gasteiger partial charge in [-0.1, -0.05) is 18.2 Å². The van der Waals surface area contributed by atoms with Crippen LogP contribution in [0.2, 0.25) is 0 Å². The van der Waals surface area contributed by atoms with Crippen LogP contribution in [0.1, 0.15) is 29.4 Å². The van der Waals surface area contributed by atoms with Crippen LogP contribution >= 0.6 is 11.3 Å². The first-order valence-corrected chi connectivity index (χ1v) is 9.57. The number of ether oxygens (including phenoxy) is 1. The second-order valence-electron chi connectivity index (χ2n) is 6.46. The summed E-state index contributed by atoms with van der Waals surface area (Å²) in [6.07, 6.45) is 1.98. The number of aryl methyl sites for hydroxylation is 1. The van der Waals surface area contributed by atoms with Crippen molar-refractivity contribution >= 4 is 22.9 Å². The lowest BCUT2D eigenvalue weighted by atomic mass is 9.96. The molecule has 0 spiro atoms. The van der Waals surface area contributed by atoms with Crippen molar-refractivity contribution in [2.24, 2.45) is 0 Å². The number of carbonyl (C=O) groups excluding carboxylic acids is 1. The molecule has 0 bridgehead atoms. The molecular formula is C21H20N2O2S. The highest BCUT2D eigenvalue weighted by Crippen LogP contribution is 2.33. The Balaban J connectivity index is 1.64. The quantitative estimate of drug-likeness (QED) is 0.670. The second-order valence-corrected chi connectivity index (χ2v) is 7.32. The fourth-order valence-electron chi connectivity index (χ4n) is 3.36. The molecule has 1 aromatic heterocycles. The smallest absolute Gasteiger partial charge is 0.278 e. The Hall–Kier alpha value is -2.66. The number of para-hydroxylation sites is 1. The van der Waals surface area contributed by atoms with Gasteiger partial charge >= 0.3 is 0 Å². The topological polar surface area (TPSA) is 42.4 Å². The second kappa shape index (κ2) is 6.92. The molecular weight excluding hydrogens is 344 g/mol. The van der Waals surface area contributed by atoms with E-state index in [-0.39, 0.29) is 11.9 Å². The summed E-state index contributed by atoms with van der Waals surface area (Å²) < 4.78 is 5.20. The van der Waals surface area contributed by atoms with Crippen LogP contribution in [0.4, 0.5) is 5.69 Å². The number of aromatic nitrogens is 1. The van der Waals surface area contributed by atoms with Crippen molar-refractivity contribution < 1.29 is 9.53 Å². The first-order chi connectivity index (χ1) is 12.7. The molecule has 26 heavy (non-hydrogen) atoms. The third-order valence-electron chi connectivity index (χ3n) is 4.80. The van der Waals surface area contributed by atoms with Gasteiger partial charge in [0.1, 0.15) is 16.5 Å². The van der Waals surface area contributed by atoms with Crippen molar-refractivity contribution in [2.75, 3.05) is 12.0 Å². The molecule has 3 aromatic rings. The molecule has 1 aliphatic rings. The van der Waals surface area contributed by atoms with Crippen LogP contribution in [0.15, 0.2) is 53.9 Å². The largest absolute Gasteiger partial charge is 0.497 e. The zero-order chi connectivity index (χ0) is 18.1. The predicted molar refractivity (Wildman–Crippen MR) is 105 cm³/mol. The summed E-state index contributed by atoms with van der Waals surface area (Å²) in [6, 6.07) is 16.1. The van der Waals surface area contributed by atoms with Gasteiger partial charge in [0.25, 0.3) is 5.91 Å². The molecule has 132 valence electrons. The van der Waals surface area contributed by atoms with Gasteiger partial charge in [-0.2, -0.15) is 0 Å². The Kier molecular flexibility index (Phi) is 4.47. The summed E-state index contributed by atoms with van der Waals surface area (Å²) in [6.45, 7) is 2.10. The number of nitrogens with zero attached hydrogens (tertiary/aromatic N) is 2. The molecule has 0 aliphatic carbocycles. The van der Waals surface area contributed by atoms with E-state index in [2.05, 4.69) is 18.0 Å². The van der Waals surface area contributed by atoms with Gasteiger partial charge in [-0.15, -0.1) is 11.3 Å². The number of hydrogen-bond acceptors (Lipinski definition) is 4. The number of rotatable bonds is 3. The van der Waals surface area contributed by atoms with E-state index >= 15 is 0 Å².